The van der Waals surface area contributed by atoms with Crippen molar-refractivity contribution in [3.8, 4) is 22.5 Å². The van der Waals surface area contributed by atoms with E-state index in [1.165, 1.54) is 17.3 Å². The molecule has 207 valence electrons. The van der Waals surface area contributed by atoms with E-state index in [0.717, 1.165) is 59.7 Å². The molecule has 4 aromatic heterocycles. The van der Waals surface area contributed by atoms with Gasteiger partial charge < -0.3 is 14.4 Å². The average molecular weight is 735 g/mol. The van der Waals surface area contributed by atoms with Crippen molar-refractivity contribution in [3.63, 3.8) is 0 Å². The second-order valence-corrected chi connectivity index (χ2v) is 11.2. The van der Waals surface area contributed by atoms with Crippen LogP contribution in [0.4, 0.5) is 0 Å². The molecule has 7 aromatic rings. The summed E-state index contributed by atoms with van der Waals surface area (Å²) in [7, 11) is 0. The number of aryl methyl sites for hydroxylation is 3. The van der Waals surface area contributed by atoms with Gasteiger partial charge in [-0.25, -0.2) is 4.98 Å². The first-order valence-electron chi connectivity index (χ1n) is 14.6. The van der Waals surface area contributed by atoms with Crippen molar-refractivity contribution >= 4 is 43.5 Å². The molecule has 0 saturated carbocycles. The first-order chi connectivity index (χ1) is 20.6. The number of fused-ring (bicyclic) bond motifs is 5. The fraction of sp³-hybridized carbons (Fsp3) is 0.171. The van der Waals surface area contributed by atoms with Crippen LogP contribution in [-0.2, 0) is 20.1 Å². The van der Waals surface area contributed by atoms with Crippen molar-refractivity contribution in [2.45, 2.75) is 40.5 Å². The molecule has 4 nitrogen and oxygen atoms in total. The Bertz CT molecular complexity index is 2070. The van der Waals surface area contributed by atoms with Crippen LogP contribution in [0, 0.1) is 32.8 Å². The molecule has 0 aliphatic carbocycles. The molecule has 0 saturated heterocycles. The topological polar surface area (TPSA) is 51.8 Å². The van der Waals surface area contributed by atoms with E-state index < -0.39 is 6.85 Å². The summed E-state index contributed by atoms with van der Waals surface area (Å²) >= 11 is 1.69. The van der Waals surface area contributed by atoms with Gasteiger partial charge in [0.15, 0.2) is 0 Å². The summed E-state index contributed by atoms with van der Waals surface area (Å²) in [5.41, 5.74) is 8.80. The molecule has 0 spiro atoms. The largest absolute Gasteiger partial charge is 0.498 e. The van der Waals surface area contributed by atoms with Gasteiger partial charge in [-0.1, -0.05) is 49.1 Å². The van der Waals surface area contributed by atoms with E-state index in [1.807, 2.05) is 37.4 Å². The maximum Gasteiger partial charge on any atom is 0.148 e. The molecule has 1 radical (unpaired) electrons. The molecule has 0 bridgehead atoms. The molecule has 0 aliphatic rings. The summed E-state index contributed by atoms with van der Waals surface area (Å²) < 4.78 is 29.2. The van der Waals surface area contributed by atoms with Crippen molar-refractivity contribution in [2.24, 2.45) is 0 Å². The number of pyridine rings is 2. The van der Waals surface area contributed by atoms with E-state index in [1.54, 1.807) is 29.5 Å². The zero-order valence-electron chi connectivity index (χ0n) is 26.1. The van der Waals surface area contributed by atoms with Gasteiger partial charge >= 0.3 is 0 Å². The van der Waals surface area contributed by atoms with Gasteiger partial charge in [-0.2, -0.15) is 0 Å². The van der Waals surface area contributed by atoms with Crippen LogP contribution < -0.4 is 0 Å². The van der Waals surface area contributed by atoms with Crippen molar-refractivity contribution in [2.75, 3.05) is 0 Å². The Labute approximate surface area is 262 Å². The number of furan rings is 1. The van der Waals surface area contributed by atoms with Crippen molar-refractivity contribution in [3.05, 3.63) is 113 Å². The summed E-state index contributed by atoms with van der Waals surface area (Å²) in [6, 6.07) is 27.6. The minimum absolute atomic E-state index is 0. The Morgan fingerprint density at radius 1 is 0.878 bits per heavy atom. The standard InChI is InChI=1S/C23H19N2OS.C12H10N.Ir/c1-12(2)18-10-19(24-11-13(18)3)17-7-5-6-15-16-8-9-20-21(25-14(4)27-20)23(16)26-22(15)17;1-10-7-8-12(13-9-10)11-5-3-2-4-6-11;/h5-6,8-12H,1-4H3;2-5,7-9H,1H3;/q2*-1;/i;1D3;. The minimum Gasteiger partial charge on any atom is -0.498 e. The smallest absolute Gasteiger partial charge is 0.148 e. The fourth-order valence-electron chi connectivity index (χ4n) is 4.89. The van der Waals surface area contributed by atoms with Crippen LogP contribution in [0.2, 0.25) is 0 Å². The van der Waals surface area contributed by atoms with Crippen molar-refractivity contribution in [1.82, 2.24) is 15.0 Å². The summed E-state index contributed by atoms with van der Waals surface area (Å²) in [5.74, 6) is 0.444. The van der Waals surface area contributed by atoms with Gasteiger partial charge in [0.2, 0.25) is 0 Å². The number of aromatic nitrogens is 3. The zero-order chi connectivity index (χ0) is 30.3. The third-order valence-electron chi connectivity index (χ3n) is 6.84. The zero-order valence-corrected chi connectivity index (χ0v) is 26.3. The Morgan fingerprint density at radius 2 is 1.71 bits per heavy atom. The Morgan fingerprint density at radius 3 is 2.44 bits per heavy atom. The van der Waals surface area contributed by atoms with E-state index in [9.17, 15) is 0 Å². The van der Waals surface area contributed by atoms with Crippen LogP contribution >= 0.6 is 11.3 Å². The number of rotatable bonds is 3. The number of benzene rings is 3. The van der Waals surface area contributed by atoms with E-state index in [0.29, 0.717) is 5.92 Å². The van der Waals surface area contributed by atoms with Gasteiger partial charge in [-0.05, 0) is 60.8 Å². The van der Waals surface area contributed by atoms with Gasteiger partial charge in [0.05, 0.1) is 15.3 Å². The third kappa shape index (κ3) is 5.73. The van der Waals surface area contributed by atoms with Crippen LogP contribution in [0.25, 0.3) is 54.7 Å². The molecule has 0 N–H and O–H groups in total. The van der Waals surface area contributed by atoms with Gasteiger partial charge in [0, 0.05) is 42.0 Å². The molecule has 0 atom stereocenters. The van der Waals surface area contributed by atoms with Gasteiger partial charge in [-0.15, -0.1) is 65.4 Å². The van der Waals surface area contributed by atoms with E-state index in [4.69, 9.17) is 8.53 Å². The summed E-state index contributed by atoms with van der Waals surface area (Å²) in [4.78, 5) is 13.5. The molecule has 3 aromatic carbocycles. The molecule has 7 rings (SSSR count). The molecule has 41 heavy (non-hydrogen) atoms. The van der Waals surface area contributed by atoms with Crippen molar-refractivity contribution < 1.29 is 28.6 Å². The van der Waals surface area contributed by atoms with Gasteiger partial charge in [0.1, 0.15) is 11.1 Å². The van der Waals surface area contributed by atoms with E-state index in [-0.39, 0.29) is 25.7 Å². The molecule has 4 heterocycles. The predicted octanol–water partition coefficient (Wildman–Crippen LogP) is 9.65. The first-order valence-corrected chi connectivity index (χ1v) is 14.0. The number of hydrogen-bond acceptors (Lipinski definition) is 5. The molecule has 0 fully saturated rings. The Balaban J connectivity index is 0.000000194. The van der Waals surface area contributed by atoms with Crippen molar-refractivity contribution in [1.29, 1.82) is 0 Å². The van der Waals surface area contributed by atoms with Crippen LogP contribution in [0.1, 0.15) is 45.6 Å². The van der Waals surface area contributed by atoms with Gasteiger partial charge in [-0.3, -0.25) is 0 Å². The first kappa shape index (κ1) is 25.0. The quantitative estimate of drug-likeness (QED) is 0.170. The SMILES string of the molecule is Cc1nc2c(ccc3c4cc[c-]c(-c5cc(C(C)C)c(C)cn5)c4oc32)s1.[2H]C([2H])([2H])c1ccc(-c2[c-]cccc2)nc1.[Ir]. The maximum absolute atomic E-state index is 7.23. The van der Waals surface area contributed by atoms with Crippen LogP contribution in [0.3, 0.4) is 0 Å². The second kappa shape index (κ2) is 12.0. The summed E-state index contributed by atoms with van der Waals surface area (Å²) in [5, 5.41) is 3.22. The van der Waals surface area contributed by atoms with Crippen LogP contribution in [-0.4, -0.2) is 15.0 Å². The second-order valence-electron chi connectivity index (χ2n) is 10.0. The molecular weight excluding hydrogens is 703 g/mol. The van der Waals surface area contributed by atoms with E-state index >= 15 is 0 Å². The van der Waals surface area contributed by atoms with Crippen LogP contribution in [0.5, 0.6) is 0 Å². The average Bonchev–Trinajstić information content (AvgIpc) is 3.57. The molecule has 0 aliphatic heterocycles. The summed E-state index contributed by atoms with van der Waals surface area (Å²) in [6.07, 6.45) is 3.34. The number of thiazole rings is 1. The Kier molecular flexibility index (Phi) is 7.35. The fourth-order valence-corrected chi connectivity index (χ4v) is 5.72. The summed E-state index contributed by atoms with van der Waals surface area (Å²) in [6.45, 7) is 6.46. The normalized spacial score (nSPS) is 12.5. The predicted molar refractivity (Wildman–Crippen MR) is 166 cm³/mol. The number of nitrogens with zero attached hydrogens (tertiary/aromatic N) is 3. The van der Waals surface area contributed by atoms with Gasteiger partial charge in [0.25, 0.3) is 0 Å². The molecular formula is C35H29IrN3OS-2. The maximum atomic E-state index is 7.23. The Hall–Kier alpha value is -3.70. The molecule has 0 unspecified atom stereocenters. The monoisotopic (exact) mass is 735 g/mol. The minimum atomic E-state index is -2.09. The van der Waals surface area contributed by atoms with Crippen LogP contribution in [0.15, 0.2) is 83.5 Å². The molecule has 0 amide bonds. The number of hydrogen-bond donors (Lipinski definition) is 0. The van der Waals surface area contributed by atoms with E-state index in [2.05, 4.69) is 72.1 Å². The molecule has 6 heteroatoms. The third-order valence-corrected chi connectivity index (χ3v) is 7.77.